The van der Waals surface area contributed by atoms with Crippen LogP contribution in [-0.2, 0) is 16.2 Å². The van der Waals surface area contributed by atoms with Crippen LogP contribution in [0.25, 0.3) is 227 Å². The summed E-state index contributed by atoms with van der Waals surface area (Å²) in [4.78, 5) is 11.5. The van der Waals surface area contributed by atoms with Crippen molar-refractivity contribution in [3.8, 4) is 118 Å². The lowest BCUT2D eigenvalue weighted by molar-refractivity contribution is 0.660. The Balaban J connectivity index is 0.599. The average molecular weight is 1640 g/mol. The van der Waals surface area contributed by atoms with E-state index in [9.17, 15) is 0 Å². The van der Waals surface area contributed by atoms with Gasteiger partial charge < -0.3 is 18.3 Å². The van der Waals surface area contributed by atoms with E-state index in [-0.39, 0.29) is 16.2 Å². The van der Waals surface area contributed by atoms with Crippen LogP contribution < -0.4 is 0 Å². The van der Waals surface area contributed by atoms with Crippen LogP contribution in [0.4, 0.5) is 0 Å². The summed E-state index contributed by atoms with van der Waals surface area (Å²) in [6, 6.07) is 148. The molecule has 0 fully saturated rings. The molecule has 0 N–H and O–H groups in total. The van der Waals surface area contributed by atoms with Gasteiger partial charge in [-0.05, 0) is 252 Å². The second-order valence-electron chi connectivity index (χ2n) is 37.2. The molecule has 6 heterocycles. The molecule has 24 aromatic rings. The Labute approximate surface area is 740 Å². The predicted octanol–water partition coefficient (Wildman–Crippen LogP) is 31.2. The molecule has 0 unspecified atom stereocenters. The van der Waals surface area contributed by atoms with Crippen molar-refractivity contribution in [1.29, 1.82) is 0 Å². The van der Waals surface area contributed by atoms with Gasteiger partial charge >= 0.3 is 0 Å². The quantitative estimate of drug-likeness (QED) is 0.137. The highest BCUT2D eigenvalue weighted by molar-refractivity contribution is 6.17. The van der Waals surface area contributed by atoms with Crippen molar-refractivity contribution in [2.24, 2.45) is 0 Å². The van der Waals surface area contributed by atoms with Gasteiger partial charge in [0.2, 0.25) is 5.95 Å². The van der Waals surface area contributed by atoms with E-state index >= 15 is 0 Å². The summed E-state index contributed by atoms with van der Waals surface area (Å²) in [6.07, 6.45) is 0. The van der Waals surface area contributed by atoms with Crippen molar-refractivity contribution in [2.75, 3.05) is 0 Å². The van der Waals surface area contributed by atoms with Crippen LogP contribution in [0.1, 0.15) is 74.9 Å². The molecule has 6 aromatic heterocycles. The van der Waals surface area contributed by atoms with Gasteiger partial charge in [0.1, 0.15) is 0 Å². The number of rotatable bonds is 10. The molecular formula is C121H83N7. The number of aromatic nitrogens is 7. The van der Waals surface area contributed by atoms with Crippen molar-refractivity contribution in [3.63, 3.8) is 0 Å². The fraction of sp³-hybridized carbons (Fsp3) is 0.0744. The van der Waals surface area contributed by atoms with Gasteiger partial charge in [-0.2, -0.15) is 0 Å². The number of hydrogen-bond donors (Lipinski definition) is 0. The summed E-state index contributed by atoms with van der Waals surface area (Å²) in [5, 5.41) is 11.9. The van der Waals surface area contributed by atoms with Crippen LogP contribution in [0.5, 0.6) is 0 Å². The third-order valence-electron chi connectivity index (χ3n) is 29.3. The molecule has 7 heteroatoms. The number of nitrogens with zero attached hydrogens (tertiary/aromatic N) is 7. The summed E-state index contributed by atoms with van der Waals surface area (Å²) in [5.41, 5.74) is 42.1. The molecule has 3 aliphatic carbocycles. The van der Waals surface area contributed by atoms with Crippen molar-refractivity contribution >= 4 is 109 Å². The zero-order valence-electron chi connectivity index (χ0n) is 71.7. The molecule has 602 valence electrons. The molecule has 0 bridgehead atoms. The van der Waals surface area contributed by atoms with Crippen molar-refractivity contribution in [1.82, 2.24) is 32.8 Å². The summed E-state index contributed by atoms with van der Waals surface area (Å²) < 4.78 is 12.2. The third kappa shape index (κ3) is 10.3. The standard InChI is InChI=1S/C121H83N7/c1-119(2)100-36-17-10-29-84(100)87-52-49-81(68-103(87)119)125-109-40-21-14-33-91(109)95-63-74(44-56-113(95)125)73-43-55-112-94(62-73)90-32-13-20-39-108(90)124(112)80-28-24-27-79(61-80)107-71-106(72-25-8-7-9-26-72)122-118(123-107)128-116-59-47-77(75-45-57-114-96(64-75)92-34-15-22-41-110(92)126(114)82-50-53-88-85-30-11-18-37-101(85)120(3,4)104(88)69-82)66-98(116)99-67-78(48-60-117(99)128)76-46-58-115-97(65-76)93-35-16-23-42-111(93)127(115)83-51-54-89-86-31-12-19-38-102(86)121(5,6)105(89)70-83/h7-71H,1-6H3. The molecule has 0 spiro atoms. The van der Waals surface area contributed by atoms with Gasteiger partial charge in [0.25, 0.3) is 0 Å². The van der Waals surface area contributed by atoms with Gasteiger partial charge in [0, 0.05) is 104 Å². The minimum absolute atomic E-state index is 0.115. The summed E-state index contributed by atoms with van der Waals surface area (Å²) in [5.74, 6) is 0.583. The Kier molecular flexibility index (Phi) is 15.0. The molecule has 3 aliphatic rings. The molecule has 7 nitrogen and oxygen atoms in total. The first-order valence-corrected chi connectivity index (χ1v) is 44.7. The first-order valence-electron chi connectivity index (χ1n) is 44.7. The minimum atomic E-state index is -0.140. The van der Waals surface area contributed by atoms with Crippen LogP contribution in [0.2, 0.25) is 0 Å². The second-order valence-corrected chi connectivity index (χ2v) is 37.2. The monoisotopic (exact) mass is 1630 g/mol. The van der Waals surface area contributed by atoms with Crippen LogP contribution in [0.3, 0.4) is 0 Å². The zero-order valence-corrected chi connectivity index (χ0v) is 71.7. The van der Waals surface area contributed by atoms with E-state index in [0.29, 0.717) is 5.95 Å². The van der Waals surface area contributed by atoms with E-state index in [2.05, 4.69) is 459 Å². The molecule has 18 aromatic carbocycles. The van der Waals surface area contributed by atoms with Gasteiger partial charge in [-0.3, -0.25) is 4.57 Å². The highest BCUT2D eigenvalue weighted by atomic mass is 15.2. The number of fused-ring (bicyclic) bond motifs is 24. The SMILES string of the molecule is CC1(C)c2ccccc2-c2ccc(-n3c4ccccc4c4cc(-c5ccc6c(c5)c5ccccc5n6-c5cccc(-c6cc(-c7ccccc7)nc(-n7c8ccc(-c9ccc%10c(c9)c9ccccc9n%10-c9ccc%10c(c9)C(C)(C)c9ccccc9-%10)cc8c8cc(-c9ccc%10c(c9)c9ccccc9n%10-c9ccc%10c(c9)C(C)(C)c9ccccc9-%10)ccc87)n6)c5)ccc43)cc21. The van der Waals surface area contributed by atoms with Gasteiger partial charge in [-0.15, -0.1) is 0 Å². The lowest BCUT2D eigenvalue weighted by Crippen LogP contribution is -2.15. The number of benzene rings is 18. The number of hydrogen-bond acceptors (Lipinski definition) is 2. The molecule has 0 radical (unpaired) electrons. The van der Waals surface area contributed by atoms with E-state index in [0.717, 1.165) is 100 Å². The second kappa shape index (κ2) is 26.5. The van der Waals surface area contributed by atoms with Gasteiger partial charge in [-0.1, -0.05) is 284 Å². The van der Waals surface area contributed by atoms with Gasteiger partial charge in [0.15, 0.2) is 0 Å². The summed E-state index contributed by atoms with van der Waals surface area (Å²) >= 11 is 0. The highest BCUT2D eigenvalue weighted by Crippen LogP contribution is 2.55. The van der Waals surface area contributed by atoms with Gasteiger partial charge in [0.05, 0.1) is 66.6 Å². The van der Waals surface area contributed by atoms with Crippen LogP contribution >= 0.6 is 0 Å². The minimum Gasteiger partial charge on any atom is -0.309 e. The maximum absolute atomic E-state index is 5.80. The normalized spacial score (nSPS) is 13.9. The number of para-hydroxylation sites is 4. The Morgan fingerprint density at radius 2 is 0.422 bits per heavy atom. The Hall–Kier alpha value is -16.0. The molecule has 128 heavy (non-hydrogen) atoms. The molecule has 0 amide bonds. The maximum atomic E-state index is 5.80. The molecule has 27 rings (SSSR count). The summed E-state index contributed by atoms with van der Waals surface area (Å²) in [7, 11) is 0. The smallest absolute Gasteiger partial charge is 0.235 e. The topological polar surface area (TPSA) is 50.4 Å². The molecule has 0 saturated heterocycles. The maximum Gasteiger partial charge on any atom is 0.235 e. The lowest BCUT2D eigenvalue weighted by Gasteiger charge is -2.22. The predicted molar refractivity (Wildman–Crippen MR) is 534 cm³/mol. The molecule has 0 saturated carbocycles. The Morgan fingerprint density at radius 1 is 0.164 bits per heavy atom. The third-order valence-corrected chi connectivity index (χ3v) is 29.3. The Bertz CT molecular complexity index is 8710. The van der Waals surface area contributed by atoms with Crippen LogP contribution in [-0.4, -0.2) is 32.8 Å². The highest BCUT2D eigenvalue weighted by Gasteiger charge is 2.39. The first kappa shape index (κ1) is 72.5. The van der Waals surface area contributed by atoms with E-state index in [1.165, 1.54) is 154 Å². The van der Waals surface area contributed by atoms with E-state index in [1.807, 2.05) is 0 Å². The molecular weight excluding hydrogens is 1550 g/mol. The van der Waals surface area contributed by atoms with Crippen molar-refractivity contribution < 1.29 is 0 Å². The average Bonchev–Trinajstić information content (AvgIpc) is 1.57. The fourth-order valence-corrected chi connectivity index (χ4v) is 23.1. The summed E-state index contributed by atoms with van der Waals surface area (Å²) in [6.45, 7) is 14.2. The Morgan fingerprint density at radius 3 is 0.766 bits per heavy atom. The fourth-order valence-electron chi connectivity index (χ4n) is 23.1. The van der Waals surface area contributed by atoms with E-state index in [1.54, 1.807) is 0 Å². The molecule has 0 atom stereocenters. The van der Waals surface area contributed by atoms with E-state index in [4.69, 9.17) is 9.97 Å². The van der Waals surface area contributed by atoms with Crippen molar-refractivity contribution in [2.45, 2.75) is 57.8 Å². The lowest BCUT2D eigenvalue weighted by atomic mass is 9.82. The molecule has 0 aliphatic heterocycles. The van der Waals surface area contributed by atoms with Crippen LogP contribution in [0.15, 0.2) is 394 Å². The zero-order chi connectivity index (χ0) is 84.9. The van der Waals surface area contributed by atoms with E-state index < -0.39 is 0 Å². The largest absolute Gasteiger partial charge is 0.309 e. The van der Waals surface area contributed by atoms with Gasteiger partial charge in [-0.25, -0.2) is 9.97 Å². The van der Waals surface area contributed by atoms with Crippen molar-refractivity contribution in [3.05, 3.63) is 428 Å². The van der Waals surface area contributed by atoms with Crippen LogP contribution in [0, 0.1) is 0 Å². The first-order chi connectivity index (χ1) is 62.7.